The maximum atomic E-state index is 12.8. The number of methoxy groups -OCH3 is 1. The number of esters is 1. The molecule has 4 rings (SSSR count). The largest absolute Gasteiger partial charge is 0.465 e. The minimum atomic E-state index is -0.803. The lowest BCUT2D eigenvalue weighted by atomic mass is 10.1. The lowest BCUT2D eigenvalue weighted by Crippen LogP contribution is -2.36. The molecule has 0 bridgehead atoms. The Morgan fingerprint density at radius 1 is 1.13 bits per heavy atom. The Labute approximate surface area is 183 Å². The molecule has 1 atom stereocenters. The molecule has 9 heteroatoms. The number of hydrogen-bond donors (Lipinski definition) is 0. The molecule has 0 spiro atoms. The summed E-state index contributed by atoms with van der Waals surface area (Å²) in [6.45, 7) is 3.47. The van der Waals surface area contributed by atoms with E-state index in [0.29, 0.717) is 39.1 Å². The van der Waals surface area contributed by atoms with Crippen LogP contribution < -0.4 is 9.64 Å². The molecular weight excluding hydrogens is 416 g/mol. The van der Waals surface area contributed by atoms with Gasteiger partial charge in [0.25, 0.3) is 0 Å². The van der Waals surface area contributed by atoms with Crippen molar-refractivity contribution < 1.29 is 19.1 Å². The summed E-state index contributed by atoms with van der Waals surface area (Å²) < 4.78 is 11.0. The van der Waals surface area contributed by atoms with Crippen LogP contribution in [0.5, 0.6) is 5.88 Å². The van der Waals surface area contributed by atoms with Gasteiger partial charge in [0.2, 0.25) is 23.2 Å². The zero-order chi connectivity index (χ0) is 22.0. The van der Waals surface area contributed by atoms with E-state index < -0.39 is 12.2 Å². The van der Waals surface area contributed by atoms with Gasteiger partial charge in [-0.15, -0.1) is 10.2 Å². The van der Waals surface area contributed by atoms with E-state index in [1.807, 2.05) is 31.2 Å². The van der Waals surface area contributed by atoms with Gasteiger partial charge in [-0.25, -0.2) is 4.79 Å². The Morgan fingerprint density at radius 3 is 2.55 bits per heavy atom. The van der Waals surface area contributed by atoms with E-state index in [1.54, 1.807) is 29.2 Å². The fraction of sp³-hybridized carbons (Fsp3) is 0.227. The standard InChI is InChI=1S/C22H20N4O4S/c1-4-31-22-23-19-18(24-25-22)16-7-5-6-8-17(16)26(13(2)27)20(30-19)14-9-11-15(12-10-14)21(28)29-3/h5-12,20H,4H2,1-3H3/t20-/m1/s1. The topological polar surface area (TPSA) is 94.5 Å². The highest BCUT2D eigenvalue weighted by molar-refractivity contribution is 7.99. The van der Waals surface area contributed by atoms with Gasteiger partial charge in [-0.3, -0.25) is 9.69 Å². The van der Waals surface area contributed by atoms with Crippen LogP contribution >= 0.6 is 11.8 Å². The number of thioether (sulfide) groups is 1. The SMILES string of the molecule is CCSc1nnc2c(n1)O[C@H](c1ccc(C(=O)OC)cc1)N(C(C)=O)c1ccccc1-2. The number of anilines is 1. The van der Waals surface area contributed by atoms with Gasteiger partial charge in [0, 0.05) is 18.1 Å². The van der Waals surface area contributed by atoms with Crippen LogP contribution in [0.4, 0.5) is 5.69 Å². The zero-order valence-electron chi connectivity index (χ0n) is 17.2. The van der Waals surface area contributed by atoms with Crippen molar-refractivity contribution in [3.63, 3.8) is 0 Å². The van der Waals surface area contributed by atoms with Crippen LogP contribution in [0.25, 0.3) is 11.3 Å². The van der Waals surface area contributed by atoms with E-state index in [1.165, 1.54) is 25.8 Å². The van der Waals surface area contributed by atoms with E-state index in [0.717, 1.165) is 5.75 Å². The molecule has 0 N–H and O–H groups in total. The number of hydrogen-bond acceptors (Lipinski definition) is 8. The highest BCUT2D eigenvalue weighted by atomic mass is 32.2. The molecule has 0 saturated carbocycles. The number of nitrogens with zero attached hydrogens (tertiary/aromatic N) is 4. The maximum absolute atomic E-state index is 12.8. The number of carbonyl (C=O) groups excluding carboxylic acids is 2. The van der Waals surface area contributed by atoms with Crippen molar-refractivity contribution in [2.24, 2.45) is 0 Å². The smallest absolute Gasteiger partial charge is 0.337 e. The Morgan fingerprint density at radius 2 is 1.87 bits per heavy atom. The Bertz CT molecular complexity index is 1140. The van der Waals surface area contributed by atoms with Gasteiger partial charge in [-0.2, -0.15) is 4.98 Å². The predicted octanol–water partition coefficient (Wildman–Crippen LogP) is 3.88. The molecule has 2 aromatic carbocycles. The van der Waals surface area contributed by atoms with Crippen molar-refractivity contribution in [2.45, 2.75) is 25.2 Å². The third-order valence-electron chi connectivity index (χ3n) is 4.74. The van der Waals surface area contributed by atoms with E-state index in [-0.39, 0.29) is 5.91 Å². The summed E-state index contributed by atoms with van der Waals surface area (Å²) in [6, 6.07) is 14.1. The lowest BCUT2D eigenvalue weighted by Gasteiger charge is -2.29. The first kappa shape index (κ1) is 20.8. The first-order valence-electron chi connectivity index (χ1n) is 9.65. The minimum Gasteiger partial charge on any atom is -0.465 e. The Hall–Kier alpha value is -3.46. The van der Waals surface area contributed by atoms with Crippen LogP contribution in [-0.2, 0) is 9.53 Å². The first-order chi connectivity index (χ1) is 15.0. The summed E-state index contributed by atoms with van der Waals surface area (Å²) in [6.07, 6.45) is -0.803. The molecule has 1 aliphatic heterocycles. The molecule has 8 nitrogen and oxygen atoms in total. The van der Waals surface area contributed by atoms with Crippen molar-refractivity contribution in [3.05, 3.63) is 59.7 Å². The van der Waals surface area contributed by atoms with E-state index in [2.05, 4.69) is 15.2 Å². The van der Waals surface area contributed by atoms with Crippen LogP contribution in [0.1, 0.15) is 36.0 Å². The Kier molecular flexibility index (Phi) is 5.85. The van der Waals surface area contributed by atoms with Gasteiger partial charge in [0.05, 0.1) is 18.4 Å². The first-order valence-corrected chi connectivity index (χ1v) is 10.6. The molecule has 1 amide bonds. The minimum absolute atomic E-state index is 0.210. The van der Waals surface area contributed by atoms with E-state index in [4.69, 9.17) is 9.47 Å². The summed E-state index contributed by atoms with van der Waals surface area (Å²) in [5.41, 5.74) is 2.89. The molecule has 31 heavy (non-hydrogen) atoms. The molecule has 0 radical (unpaired) electrons. The van der Waals surface area contributed by atoms with Gasteiger partial charge in [0.15, 0.2) is 5.69 Å². The van der Waals surface area contributed by atoms with Gasteiger partial charge >= 0.3 is 5.97 Å². The summed E-state index contributed by atoms with van der Waals surface area (Å²) in [5.74, 6) is 0.433. The molecule has 158 valence electrons. The lowest BCUT2D eigenvalue weighted by molar-refractivity contribution is -0.118. The number of rotatable bonds is 4. The number of aromatic nitrogens is 3. The van der Waals surface area contributed by atoms with Crippen molar-refractivity contribution in [1.29, 1.82) is 0 Å². The van der Waals surface area contributed by atoms with Crippen molar-refractivity contribution in [3.8, 4) is 17.1 Å². The highest BCUT2D eigenvalue weighted by Crippen LogP contribution is 2.43. The number of benzene rings is 2. The van der Waals surface area contributed by atoms with Crippen LogP contribution in [-0.4, -0.2) is 39.9 Å². The monoisotopic (exact) mass is 436 g/mol. The van der Waals surface area contributed by atoms with Gasteiger partial charge < -0.3 is 9.47 Å². The molecule has 0 unspecified atom stereocenters. The highest BCUT2D eigenvalue weighted by Gasteiger charge is 2.34. The summed E-state index contributed by atoms with van der Waals surface area (Å²) in [5, 5.41) is 9.04. The quantitative estimate of drug-likeness (QED) is 0.449. The van der Waals surface area contributed by atoms with Gasteiger partial charge in [-0.1, -0.05) is 49.0 Å². The molecule has 1 aromatic heterocycles. The molecular formula is C22H20N4O4S. The third kappa shape index (κ3) is 3.96. The maximum Gasteiger partial charge on any atom is 0.337 e. The molecule has 1 aliphatic rings. The molecule has 0 aliphatic carbocycles. The van der Waals surface area contributed by atoms with E-state index >= 15 is 0 Å². The zero-order valence-corrected chi connectivity index (χ0v) is 18.0. The molecule has 0 fully saturated rings. The number of ether oxygens (including phenoxy) is 2. The van der Waals surface area contributed by atoms with Crippen LogP contribution in [0, 0.1) is 0 Å². The second-order valence-corrected chi connectivity index (χ2v) is 7.90. The van der Waals surface area contributed by atoms with E-state index in [9.17, 15) is 9.59 Å². The average molecular weight is 436 g/mol. The predicted molar refractivity (Wildman–Crippen MR) is 116 cm³/mol. The summed E-state index contributed by atoms with van der Waals surface area (Å²) in [7, 11) is 1.33. The summed E-state index contributed by atoms with van der Waals surface area (Å²) in [4.78, 5) is 30.7. The second-order valence-electron chi connectivity index (χ2n) is 6.67. The summed E-state index contributed by atoms with van der Waals surface area (Å²) >= 11 is 1.45. The molecule has 2 heterocycles. The van der Waals surface area contributed by atoms with Crippen molar-refractivity contribution in [2.75, 3.05) is 17.8 Å². The Balaban J connectivity index is 1.87. The fourth-order valence-electron chi connectivity index (χ4n) is 3.36. The second kappa shape index (κ2) is 8.73. The van der Waals surface area contributed by atoms with Crippen LogP contribution in [0.15, 0.2) is 53.7 Å². The number of carbonyl (C=O) groups is 2. The van der Waals surface area contributed by atoms with Gasteiger partial charge in [0.1, 0.15) is 0 Å². The fourth-order valence-corrected chi connectivity index (χ4v) is 3.87. The average Bonchev–Trinajstić information content (AvgIpc) is 2.93. The van der Waals surface area contributed by atoms with Crippen molar-refractivity contribution in [1.82, 2.24) is 15.2 Å². The van der Waals surface area contributed by atoms with Gasteiger partial charge in [-0.05, 0) is 24.0 Å². The third-order valence-corrected chi connectivity index (χ3v) is 5.46. The number of amides is 1. The van der Waals surface area contributed by atoms with Crippen molar-refractivity contribution >= 4 is 29.3 Å². The number of para-hydroxylation sites is 1. The molecule has 3 aromatic rings. The van der Waals surface area contributed by atoms with Crippen LogP contribution in [0.3, 0.4) is 0 Å². The normalized spacial score (nSPS) is 14.7. The van der Waals surface area contributed by atoms with Crippen LogP contribution in [0.2, 0.25) is 0 Å². The number of fused-ring (bicyclic) bond motifs is 3. The molecule has 0 saturated heterocycles.